The van der Waals surface area contributed by atoms with Gasteiger partial charge in [-0.05, 0) is 30.2 Å². The molecule has 0 aliphatic heterocycles. The van der Waals surface area contributed by atoms with E-state index in [2.05, 4.69) is 5.32 Å². The van der Waals surface area contributed by atoms with Gasteiger partial charge in [0.25, 0.3) is 0 Å². The Morgan fingerprint density at radius 1 is 1.08 bits per heavy atom. The Bertz CT molecular complexity index is 803. The van der Waals surface area contributed by atoms with Gasteiger partial charge in [-0.1, -0.05) is 36.4 Å². The van der Waals surface area contributed by atoms with Gasteiger partial charge in [-0.3, -0.25) is 9.59 Å². The van der Waals surface area contributed by atoms with E-state index in [0.717, 1.165) is 5.56 Å². The first kappa shape index (κ1) is 19.2. The van der Waals surface area contributed by atoms with Crippen LogP contribution in [0.4, 0.5) is 5.69 Å². The van der Waals surface area contributed by atoms with Crippen LogP contribution in [0.5, 0.6) is 0 Å². The summed E-state index contributed by atoms with van der Waals surface area (Å²) < 4.78 is 0. The number of carboxylic acid groups (broad SMARTS) is 1. The number of nitrogens with zero attached hydrogens (tertiary/aromatic N) is 1. The van der Waals surface area contributed by atoms with E-state index in [1.807, 2.05) is 30.3 Å². The van der Waals surface area contributed by atoms with E-state index in [0.29, 0.717) is 17.8 Å². The molecule has 0 saturated heterocycles. The van der Waals surface area contributed by atoms with Crippen molar-refractivity contribution in [3.8, 4) is 0 Å². The van der Waals surface area contributed by atoms with E-state index in [-0.39, 0.29) is 30.3 Å². The molecule has 26 heavy (non-hydrogen) atoms. The van der Waals surface area contributed by atoms with Crippen LogP contribution in [0.3, 0.4) is 0 Å². The zero-order valence-electron chi connectivity index (χ0n) is 14.9. The van der Waals surface area contributed by atoms with Crippen LogP contribution in [0.25, 0.3) is 0 Å². The van der Waals surface area contributed by atoms with Crippen molar-refractivity contribution in [3.05, 3.63) is 65.2 Å². The van der Waals surface area contributed by atoms with Crippen molar-refractivity contribution in [2.45, 2.75) is 26.8 Å². The summed E-state index contributed by atoms with van der Waals surface area (Å²) in [5, 5.41) is 11.8. The number of aromatic carboxylic acids is 1. The summed E-state index contributed by atoms with van der Waals surface area (Å²) >= 11 is 0. The fourth-order valence-electron chi connectivity index (χ4n) is 2.54. The summed E-state index contributed by atoms with van der Waals surface area (Å²) in [6, 6.07) is 14.3. The minimum atomic E-state index is -1.04. The maximum atomic E-state index is 12.2. The number of carbonyl (C=O) groups excluding carboxylic acids is 2. The average molecular weight is 354 g/mol. The summed E-state index contributed by atoms with van der Waals surface area (Å²) in [6.07, 6.45) is 0.128. The van der Waals surface area contributed by atoms with Crippen molar-refractivity contribution in [1.82, 2.24) is 4.90 Å². The Balaban J connectivity index is 1.95. The van der Waals surface area contributed by atoms with Gasteiger partial charge in [0, 0.05) is 32.1 Å². The van der Waals surface area contributed by atoms with Crippen molar-refractivity contribution in [1.29, 1.82) is 0 Å². The number of hydrogen-bond donors (Lipinski definition) is 2. The minimum absolute atomic E-state index is 0.106. The lowest BCUT2D eigenvalue weighted by Crippen LogP contribution is -2.31. The van der Waals surface area contributed by atoms with Crippen LogP contribution in [0.2, 0.25) is 0 Å². The first-order valence-corrected chi connectivity index (χ1v) is 8.30. The van der Waals surface area contributed by atoms with Crippen molar-refractivity contribution in [3.63, 3.8) is 0 Å². The van der Waals surface area contributed by atoms with Crippen LogP contribution in [0, 0.1) is 6.92 Å². The Morgan fingerprint density at radius 3 is 2.38 bits per heavy atom. The van der Waals surface area contributed by atoms with Gasteiger partial charge in [-0.25, -0.2) is 4.79 Å². The third kappa shape index (κ3) is 5.44. The predicted octanol–water partition coefficient (Wildman–Crippen LogP) is 3.07. The topological polar surface area (TPSA) is 86.7 Å². The molecule has 6 heteroatoms. The van der Waals surface area contributed by atoms with E-state index in [4.69, 9.17) is 5.11 Å². The molecule has 2 aromatic carbocycles. The van der Waals surface area contributed by atoms with Crippen LogP contribution in [-0.2, 0) is 16.1 Å². The standard InChI is InChI=1S/C20H22N2O4/c1-14-8-9-17(12-18(14)20(25)26)21-19(24)10-11-22(15(2)23)13-16-6-4-3-5-7-16/h3-9,12H,10-11,13H2,1-2H3,(H,21,24)(H,25,26). The second-order valence-electron chi connectivity index (χ2n) is 6.06. The number of carbonyl (C=O) groups is 3. The molecular formula is C20H22N2O4. The minimum Gasteiger partial charge on any atom is -0.478 e. The number of anilines is 1. The molecule has 0 bridgehead atoms. The molecule has 0 spiro atoms. The van der Waals surface area contributed by atoms with Gasteiger partial charge < -0.3 is 15.3 Å². The van der Waals surface area contributed by atoms with E-state index >= 15 is 0 Å². The lowest BCUT2D eigenvalue weighted by atomic mass is 10.1. The highest BCUT2D eigenvalue weighted by Gasteiger charge is 2.13. The molecule has 2 amide bonds. The molecule has 0 fully saturated rings. The molecule has 0 aliphatic carbocycles. The summed E-state index contributed by atoms with van der Waals surface area (Å²) in [5.41, 5.74) is 2.20. The molecule has 6 nitrogen and oxygen atoms in total. The zero-order chi connectivity index (χ0) is 19.1. The van der Waals surface area contributed by atoms with E-state index in [1.165, 1.54) is 13.0 Å². The first-order valence-electron chi connectivity index (χ1n) is 8.30. The highest BCUT2D eigenvalue weighted by atomic mass is 16.4. The smallest absolute Gasteiger partial charge is 0.336 e. The maximum absolute atomic E-state index is 12.2. The lowest BCUT2D eigenvalue weighted by molar-refractivity contribution is -0.129. The van der Waals surface area contributed by atoms with Crippen LogP contribution in [0.15, 0.2) is 48.5 Å². The highest BCUT2D eigenvalue weighted by Crippen LogP contribution is 2.16. The summed E-state index contributed by atoms with van der Waals surface area (Å²) in [6.45, 7) is 3.90. The van der Waals surface area contributed by atoms with E-state index in [1.54, 1.807) is 24.0 Å². The molecule has 2 N–H and O–H groups in total. The number of carboxylic acids is 1. The van der Waals surface area contributed by atoms with Crippen molar-refractivity contribution in [2.24, 2.45) is 0 Å². The number of benzene rings is 2. The Morgan fingerprint density at radius 2 is 1.77 bits per heavy atom. The van der Waals surface area contributed by atoms with Gasteiger partial charge in [0.2, 0.25) is 11.8 Å². The summed E-state index contributed by atoms with van der Waals surface area (Å²) in [5.74, 6) is -1.42. The number of hydrogen-bond acceptors (Lipinski definition) is 3. The summed E-state index contributed by atoms with van der Waals surface area (Å²) in [7, 11) is 0. The van der Waals surface area contributed by atoms with Crippen LogP contribution in [-0.4, -0.2) is 34.3 Å². The molecule has 0 aliphatic rings. The van der Waals surface area contributed by atoms with Gasteiger partial charge in [0.05, 0.1) is 5.56 Å². The number of rotatable bonds is 7. The lowest BCUT2D eigenvalue weighted by Gasteiger charge is -2.21. The second kappa shape index (κ2) is 8.80. The molecule has 136 valence electrons. The van der Waals surface area contributed by atoms with Gasteiger partial charge >= 0.3 is 5.97 Å². The Kier molecular flexibility index (Phi) is 6.49. The fourth-order valence-corrected chi connectivity index (χ4v) is 2.54. The van der Waals surface area contributed by atoms with Crippen molar-refractivity contribution >= 4 is 23.5 Å². The van der Waals surface area contributed by atoms with Gasteiger partial charge in [-0.2, -0.15) is 0 Å². The van der Waals surface area contributed by atoms with Crippen LogP contribution >= 0.6 is 0 Å². The van der Waals surface area contributed by atoms with E-state index in [9.17, 15) is 14.4 Å². The molecule has 0 heterocycles. The molecule has 0 aromatic heterocycles. The Hall–Kier alpha value is -3.15. The zero-order valence-corrected chi connectivity index (χ0v) is 14.9. The fraction of sp³-hybridized carbons (Fsp3) is 0.250. The first-order chi connectivity index (χ1) is 12.4. The van der Waals surface area contributed by atoms with Crippen LogP contribution < -0.4 is 5.32 Å². The van der Waals surface area contributed by atoms with Crippen molar-refractivity contribution < 1.29 is 19.5 Å². The molecule has 0 unspecified atom stereocenters. The van der Waals surface area contributed by atoms with Gasteiger partial charge in [-0.15, -0.1) is 0 Å². The van der Waals surface area contributed by atoms with Crippen LogP contribution in [0.1, 0.15) is 34.8 Å². The molecule has 2 aromatic rings. The number of nitrogens with one attached hydrogen (secondary N) is 1. The SMILES string of the molecule is CC(=O)N(CCC(=O)Nc1ccc(C)c(C(=O)O)c1)Cc1ccccc1. The molecule has 2 rings (SSSR count). The normalized spacial score (nSPS) is 10.2. The monoisotopic (exact) mass is 354 g/mol. The predicted molar refractivity (Wildman–Crippen MR) is 98.9 cm³/mol. The third-order valence-corrected chi connectivity index (χ3v) is 4.02. The largest absolute Gasteiger partial charge is 0.478 e. The molecule has 0 saturated carbocycles. The van der Waals surface area contributed by atoms with Crippen molar-refractivity contribution in [2.75, 3.05) is 11.9 Å². The van der Waals surface area contributed by atoms with Gasteiger partial charge in [0.15, 0.2) is 0 Å². The molecule has 0 radical (unpaired) electrons. The number of aryl methyl sites for hydroxylation is 1. The maximum Gasteiger partial charge on any atom is 0.336 e. The summed E-state index contributed by atoms with van der Waals surface area (Å²) in [4.78, 5) is 36.7. The quantitative estimate of drug-likeness (QED) is 0.800. The average Bonchev–Trinajstić information content (AvgIpc) is 2.60. The Labute approximate surface area is 152 Å². The van der Waals surface area contributed by atoms with Gasteiger partial charge in [0.1, 0.15) is 0 Å². The molecule has 0 atom stereocenters. The number of amides is 2. The second-order valence-corrected chi connectivity index (χ2v) is 6.06. The van der Waals surface area contributed by atoms with E-state index < -0.39 is 5.97 Å². The molecular weight excluding hydrogens is 332 g/mol. The third-order valence-electron chi connectivity index (χ3n) is 4.02. The highest BCUT2D eigenvalue weighted by molar-refractivity contribution is 5.95.